The maximum atomic E-state index is 12.1. The van der Waals surface area contributed by atoms with Crippen molar-refractivity contribution in [3.05, 3.63) is 0 Å². The molecule has 0 spiro atoms. The van der Waals surface area contributed by atoms with Crippen LogP contribution in [0.15, 0.2) is 4.99 Å². The number of nitrogens with zero attached hydrogens (tertiary/aromatic N) is 3. The summed E-state index contributed by atoms with van der Waals surface area (Å²) in [6.07, 6.45) is 5.40. The molecule has 1 N–H and O–H groups in total. The Labute approximate surface area is 141 Å². The van der Waals surface area contributed by atoms with Gasteiger partial charge in [0.25, 0.3) is 0 Å². The van der Waals surface area contributed by atoms with Gasteiger partial charge in [-0.05, 0) is 44.4 Å². The van der Waals surface area contributed by atoms with Crippen LogP contribution in [0.2, 0.25) is 0 Å². The van der Waals surface area contributed by atoms with Gasteiger partial charge in [-0.1, -0.05) is 13.8 Å². The lowest BCUT2D eigenvalue weighted by Crippen LogP contribution is -2.40. The second kappa shape index (κ2) is 9.14. The monoisotopic (exact) mass is 322 g/mol. The summed E-state index contributed by atoms with van der Waals surface area (Å²) in [5.74, 6) is 2.80. The van der Waals surface area contributed by atoms with Crippen molar-refractivity contribution in [3.8, 4) is 0 Å². The third kappa shape index (κ3) is 5.70. The Morgan fingerprint density at radius 1 is 1.22 bits per heavy atom. The second-order valence-electron chi connectivity index (χ2n) is 7.30. The zero-order valence-corrected chi connectivity index (χ0v) is 15.2. The molecule has 1 atom stereocenters. The number of hydrogen-bond acceptors (Lipinski definition) is 2. The summed E-state index contributed by atoms with van der Waals surface area (Å²) in [6.45, 7) is 12.2. The summed E-state index contributed by atoms with van der Waals surface area (Å²) in [5.41, 5.74) is 0. The lowest BCUT2D eigenvalue weighted by atomic mass is 9.97. The van der Waals surface area contributed by atoms with E-state index in [4.69, 9.17) is 4.99 Å². The standard InChI is InChI=1S/C18H34N4O/c1-4-19-18(22-12-8-16(14-22)13-15(2)3)20-9-7-17(23)21-10-5-6-11-21/h15-16H,4-14H2,1-3H3,(H,19,20). The van der Waals surface area contributed by atoms with Crippen molar-refractivity contribution in [1.82, 2.24) is 15.1 Å². The van der Waals surface area contributed by atoms with Crippen molar-refractivity contribution in [3.63, 3.8) is 0 Å². The van der Waals surface area contributed by atoms with E-state index in [9.17, 15) is 4.79 Å². The summed E-state index contributed by atoms with van der Waals surface area (Å²) in [6, 6.07) is 0. The molecule has 1 amide bonds. The van der Waals surface area contributed by atoms with Gasteiger partial charge in [-0.15, -0.1) is 0 Å². The predicted molar refractivity (Wildman–Crippen MR) is 95.5 cm³/mol. The van der Waals surface area contributed by atoms with Gasteiger partial charge in [0.15, 0.2) is 5.96 Å². The zero-order chi connectivity index (χ0) is 16.7. The summed E-state index contributed by atoms with van der Waals surface area (Å²) < 4.78 is 0. The molecular formula is C18H34N4O. The van der Waals surface area contributed by atoms with E-state index in [2.05, 4.69) is 31.0 Å². The normalized spacial score (nSPS) is 22.3. The van der Waals surface area contributed by atoms with Gasteiger partial charge in [-0.3, -0.25) is 9.79 Å². The summed E-state index contributed by atoms with van der Waals surface area (Å²) in [7, 11) is 0. The molecule has 0 aromatic carbocycles. The molecule has 2 aliphatic heterocycles. The molecule has 0 aromatic heterocycles. The molecule has 0 radical (unpaired) electrons. The molecule has 0 aromatic rings. The van der Waals surface area contributed by atoms with E-state index < -0.39 is 0 Å². The van der Waals surface area contributed by atoms with Crippen molar-refractivity contribution < 1.29 is 4.79 Å². The number of amides is 1. The minimum atomic E-state index is 0.265. The van der Waals surface area contributed by atoms with Crippen LogP contribution in [0.25, 0.3) is 0 Å². The molecule has 5 heteroatoms. The fraction of sp³-hybridized carbons (Fsp3) is 0.889. The molecule has 5 nitrogen and oxygen atoms in total. The number of hydrogen-bond donors (Lipinski definition) is 1. The molecule has 0 bridgehead atoms. The summed E-state index contributed by atoms with van der Waals surface area (Å²) in [5, 5.41) is 3.39. The Morgan fingerprint density at radius 2 is 1.96 bits per heavy atom. The molecule has 132 valence electrons. The van der Waals surface area contributed by atoms with Crippen molar-refractivity contribution in [2.24, 2.45) is 16.8 Å². The van der Waals surface area contributed by atoms with Gasteiger partial charge in [-0.25, -0.2) is 0 Å². The third-order valence-electron chi connectivity index (χ3n) is 4.77. The number of likely N-dealkylation sites (tertiary alicyclic amines) is 2. The molecular weight excluding hydrogens is 288 g/mol. The number of aliphatic imine (C=N–C) groups is 1. The number of carbonyl (C=O) groups excluding carboxylic acids is 1. The molecule has 2 fully saturated rings. The number of carbonyl (C=O) groups is 1. The molecule has 2 aliphatic rings. The van der Waals surface area contributed by atoms with Crippen LogP contribution in [-0.4, -0.2) is 60.9 Å². The average molecular weight is 322 g/mol. The Balaban J connectivity index is 1.81. The van der Waals surface area contributed by atoms with Crippen LogP contribution in [0.3, 0.4) is 0 Å². The first-order chi connectivity index (χ1) is 11.1. The highest BCUT2D eigenvalue weighted by molar-refractivity contribution is 5.81. The highest BCUT2D eigenvalue weighted by Crippen LogP contribution is 2.23. The SMILES string of the molecule is CCNC(=NCCC(=O)N1CCCC1)N1CCC(CC(C)C)C1. The molecule has 2 rings (SSSR count). The van der Waals surface area contributed by atoms with Crippen LogP contribution in [-0.2, 0) is 4.79 Å². The van der Waals surface area contributed by atoms with Gasteiger partial charge in [0.05, 0.1) is 6.54 Å². The van der Waals surface area contributed by atoms with Gasteiger partial charge in [-0.2, -0.15) is 0 Å². The molecule has 2 heterocycles. The average Bonchev–Trinajstić information content (AvgIpc) is 3.17. The van der Waals surface area contributed by atoms with Crippen molar-refractivity contribution in [2.75, 3.05) is 39.3 Å². The highest BCUT2D eigenvalue weighted by atomic mass is 16.2. The topological polar surface area (TPSA) is 47.9 Å². The van der Waals surface area contributed by atoms with Crippen LogP contribution < -0.4 is 5.32 Å². The Morgan fingerprint density at radius 3 is 2.61 bits per heavy atom. The van der Waals surface area contributed by atoms with E-state index in [0.29, 0.717) is 13.0 Å². The molecule has 1 unspecified atom stereocenters. The van der Waals surface area contributed by atoms with E-state index in [1.54, 1.807) is 0 Å². The lowest BCUT2D eigenvalue weighted by Gasteiger charge is -2.22. The lowest BCUT2D eigenvalue weighted by molar-refractivity contribution is -0.129. The molecule has 0 saturated carbocycles. The smallest absolute Gasteiger partial charge is 0.224 e. The summed E-state index contributed by atoms with van der Waals surface area (Å²) >= 11 is 0. The van der Waals surface area contributed by atoms with Crippen LogP contribution in [0.5, 0.6) is 0 Å². The largest absolute Gasteiger partial charge is 0.357 e. The number of rotatable bonds is 6. The van der Waals surface area contributed by atoms with Crippen molar-refractivity contribution >= 4 is 11.9 Å². The van der Waals surface area contributed by atoms with E-state index in [1.807, 2.05) is 4.90 Å². The Bertz CT molecular complexity index is 402. The van der Waals surface area contributed by atoms with Crippen LogP contribution in [0, 0.1) is 11.8 Å². The minimum Gasteiger partial charge on any atom is -0.357 e. The van der Waals surface area contributed by atoms with Crippen LogP contribution in [0.4, 0.5) is 0 Å². The Hall–Kier alpha value is -1.26. The fourth-order valence-corrected chi connectivity index (χ4v) is 3.69. The van der Waals surface area contributed by atoms with E-state index in [-0.39, 0.29) is 5.91 Å². The first kappa shape index (κ1) is 18.1. The van der Waals surface area contributed by atoms with Crippen molar-refractivity contribution in [2.45, 2.75) is 52.9 Å². The second-order valence-corrected chi connectivity index (χ2v) is 7.30. The first-order valence-corrected chi connectivity index (χ1v) is 9.41. The molecule has 2 saturated heterocycles. The van der Waals surface area contributed by atoms with Crippen LogP contribution in [0.1, 0.15) is 52.9 Å². The van der Waals surface area contributed by atoms with E-state index in [1.165, 1.54) is 12.8 Å². The maximum absolute atomic E-state index is 12.1. The van der Waals surface area contributed by atoms with Gasteiger partial charge >= 0.3 is 0 Å². The Kier molecular flexibility index (Phi) is 7.18. The van der Waals surface area contributed by atoms with E-state index in [0.717, 1.165) is 63.4 Å². The number of nitrogens with one attached hydrogen (secondary N) is 1. The van der Waals surface area contributed by atoms with Gasteiger partial charge in [0, 0.05) is 39.1 Å². The van der Waals surface area contributed by atoms with Crippen LogP contribution >= 0.6 is 0 Å². The molecule has 0 aliphatic carbocycles. The zero-order valence-electron chi connectivity index (χ0n) is 15.2. The number of guanidine groups is 1. The van der Waals surface area contributed by atoms with Gasteiger partial charge in [0.1, 0.15) is 0 Å². The van der Waals surface area contributed by atoms with E-state index >= 15 is 0 Å². The van der Waals surface area contributed by atoms with Gasteiger partial charge in [0.2, 0.25) is 5.91 Å². The third-order valence-corrected chi connectivity index (χ3v) is 4.77. The summed E-state index contributed by atoms with van der Waals surface area (Å²) in [4.78, 5) is 21.2. The quantitative estimate of drug-likeness (QED) is 0.603. The molecule has 23 heavy (non-hydrogen) atoms. The van der Waals surface area contributed by atoms with Crippen molar-refractivity contribution in [1.29, 1.82) is 0 Å². The first-order valence-electron chi connectivity index (χ1n) is 9.41. The highest BCUT2D eigenvalue weighted by Gasteiger charge is 2.25. The predicted octanol–water partition coefficient (Wildman–Crippen LogP) is 2.33. The fourth-order valence-electron chi connectivity index (χ4n) is 3.69. The minimum absolute atomic E-state index is 0.265. The van der Waals surface area contributed by atoms with Gasteiger partial charge < -0.3 is 15.1 Å². The maximum Gasteiger partial charge on any atom is 0.224 e.